The Bertz CT molecular complexity index is 418. The molecule has 4 nitrogen and oxygen atoms in total. The Balaban J connectivity index is 1.88. The molecule has 1 heterocycles. The number of carbonyl (C=O) groups excluding carboxylic acids is 1. The van der Waals surface area contributed by atoms with Gasteiger partial charge < -0.3 is 15.0 Å². The largest absolute Gasteiger partial charge is 0.448 e. The van der Waals surface area contributed by atoms with Gasteiger partial charge in [0.25, 0.3) is 0 Å². The van der Waals surface area contributed by atoms with E-state index in [-0.39, 0.29) is 6.09 Å². The van der Waals surface area contributed by atoms with Crippen LogP contribution in [0.2, 0.25) is 0 Å². The van der Waals surface area contributed by atoms with Crippen molar-refractivity contribution in [3.05, 3.63) is 29.8 Å². The van der Waals surface area contributed by atoms with Crippen LogP contribution in [0.5, 0.6) is 0 Å². The minimum atomic E-state index is -0.200. The fourth-order valence-electron chi connectivity index (χ4n) is 2.12. The molecule has 1 saturated heterocycles. The smallest absolute Gasteiger partial charge is 0.409 e. The van der Waals surface area contributed by atoms with Gasteiger partial charge in [-0.3, -0.25) is 0 Å². The Morgan fingerprint density at radius 3 is 2.83 bits per heavy atom. The van der Waals surface area contributed by atoms with Gasteiger partial charge in [0.1, 0.15) is 6.61 Å². The Labute approximate surface area is 108 Å². The molecule has 0 unspecified atom stereocenters. The molecule has 0 bridgehead atoms. The molecule has 1 aromatic carbocycles. The molecular formula is C14H20N2O2. The third-order valence-electron chi connectivity index (χ3n) is 3.12. The summed E-state index contributed by atoms with van der Waals surface area (Å²) in [6.45, 7) is 7.01. The number of ether oxygens (including phenoxy) is 1. The molecule has 98 valence electrons. The van der Waals surface area contributed by atoms with Crippen LogP contribution in [-0.4, -0.2) is 37.2 Å². The van der Waals surface area contributed by atoms with Crippen molar-refractivity contribution in [2.75, 3.05) is 31.6 Å². The van der Waals surface area contributed by atoms with Crippen LogP contribution in [0, 0.1) is 0 Å². The maximum atomic E-state index is 11.3. The average molecular weight is 248 g/mol. The van der Waals surface area contributed by atoms with Gasteiger partial charge in [0.05, 0.1) is 6.54 Å². The lowest BCUT2D eigenvalue weighted by molar-refractivity contribution is 0.159. The van der Waals surface area contributed by atoms with E-state index in [0.29, 0.717) is 25.6 Å². The van der Waals surface area contributed by atoms with Crippen molar-refractivity contribution in [3.8, 4) is 0 Å². The summed E-state index contributed by atoms with van der Waals surface area (Å²) in [5, 5.41) is 3.39. The number of anilines is 1. The fourth-order valence-corrected chi connectivity index (χ4v) is 2.12. The first kappa shape index (κ1) is 12.7. The molecule has 2 rings (SSSR count). The lowest BCUT2D eigenvalue weighted by Crippen LogP contribution is -2.29. The van der Waals surface area contributed by atoms with Crippen molar-refractivity contribution >= 4 is 11.8 Å². The zero-order chi connectivity index (χ0) is 13.0. The van der Waals surface area contributed by atoms with Crippen molar-refractivity contribution in [2.45, 2.75) is 19.8 Å². The van der Waals surface area contributed by atoms with Gasteiger partial charge in [-0.2, -0.15) is 0 Å². The monoisotopic (exact) mass is 248 g/mol. The van der Waals surface area contributed by atoms with Crippen LogP contribution in [0.3, 0.4) is 0 Å². The summed E-state index contributed by atoms with van der Waals surface area (Å²) in [6.07, 6.45) is -0.200. The number of benzene rings is 1. The molecule has 4 heteroatoms. The highest BCUT2D eigenvalue weighted by molar-refractivity contribution is 5.69. The van der Waals surface area contributed by atoms with Crippen LogP contribution in [0.25, 0.3) is 0 Å². The molecule has 1 fully saturated rings. The summed E-state index contributed by atoms with van der Waals surface area (Å²) < 4.78 is 4.89. The highest BCUT2D eigenvalue weighted by Crippen LogP contribution is 2.23. The highest BCUT2D eigenvalue weighted by atomic mass is 16.6. The predicted molar refractivity (Wildman–Crippen MR) is 71.9 cm³/mol. The van der Waals surface area contributed by atoms with Crippen LogP contribution in [0.15, 0.2) is 24.3 Å². The van der Waals surface area contributed by atoms with Gasteiger partial charge in [0.15, 0.2) is 0 Å². The third kappa shape index (κ3) is 2.94. The number of nitrogens with one attached hydrogen (secondary N) is 1. The standard InChI is InChI=1S/C14H20N2O2/c1-11(2)12-5-3-4-6-13(12)15-7-8-16-9-10-18-14(16)17/h3-6,11,15H,7-10H2,1-2H3. The van der Waals surface area contributed by atoms with Crippen LogP contribution in [0.4, 0.5) is 10.5 Å². The van der Waals surface area contributed by atoms with Gasteiger partial charge in [-0.15, -0.1) is 0 Å². The molecule has 0 aromatic heterocycles. The summed E-state index contributed by atoms with van der Waals surface area (Å²) in [4.78, 5) is 13.0. The molecule has 18 heavy (non-hydrogen) atoms. The molecule has 1 aliphatic rings. The zero-order valence-electron chi connectivity index (χ0n) is 11.0. The molecule has 0 atom stereocenters. The maximum absolute atomic E-state index is 11.3. The fraction of sp³-hybridized carbons (Fsp3) is 0.500. The van der Waals surface area contributed by atoms with Gasteiger partial charge in [-0.1, -0.05) is 32.0 Å². The van der Waals surface area contributed by atoms with E-state index >= 15 is 0 Å². The Morgan fingerprint density at radius 2 is 2.17 bits per heavy atom. The summed E-state index contributed by atoms with van der Waals surface area (Å²) in [5.74, 6) is 0.491. The molecule has 0 aliphatic carbocycles. The number of rotatable bonds is 5. The van der Waals surface area contributed by atoms with Crippen molar-refractivity contribution < 1.29 is 9.53 Å². The zero-order valence-corrected chi connectivity index (χ0v) is 11.0. The maximum Gasteiger partial charge on any atom is 0.409 e. The van der Waals surface area contributed by atoms with Crippen LogP contribution < -0.4 is 5.32 Å². The summed E-state index contributed by atoms with van der Waals surface area (Å²) >= 11 is 0. The second-order valence-electron chi connectivity index (χ2n) is 4.77. The Morgan fingerprint density at radius 1 is 1.39 bits per heavy atom. The van der Waals surface area contributed by atoms with E-state index in [1.165, 1.54) is 5.56 Å². The molecule has 1 aliphatic heterocycles. The predicted octanol–water partition coefficient (Wildman–Crippen LogP) is 2.67. The number of hydrogen-bond acceptors (Lipinski definition) is 3. The Kier molecular flexibility index (Phi) is 4.07. The quantitative estimate of drug-likeness (QED) is 0.871. The lowest BCUT2D eigenvalue weighted by atomic mass is 10.0. The topological polar surface area (TPSA) is 41.6 Å². The number of amides is 1. The van der Waals surface area contributed by atoms with Crippen molar-refractivity contribution in [1.82, 2.24) is 4.90 Å². The summed E-state index contributed by atoms with van der Waals surface area (Å²) in [7, 11) is 0. The van der Waals surface area contributed by atoms with Gasteiger partial charge in [0, 0.05) is 18.8 Å². The van der Waals surface area contributed by atoms with E-state index in [2.05, 4.69) is 37.4 Å². The van der Waals surface area contributed by atoms with E-state index in [9.17, 15) is 4.79 Å². The van der Waals surface area contributed by atoms with Gasteiger partial charge >= 0.3 is 6.09 Å². The average Bonchev–Trinajstić information content (AvgIpc) is 2.76. The first-order valence-electron chi connectivity index (χ1n) is 6.43. The van der Waals surface area contributed by atoms with Crippen molar-refractivity contribution in [1.29, 1.82) is 0 Å². The van der Waals surface area contributed by atoms with Crippen LogP contribution >= 0.6 is 0 Å². The van der Waals surface area contributed by atoms with E-state index < -0.39 is 0 Å². The Hall–Kier alpha value is -1.71. The van der Waals surface area contributed by atoms with Gasteiger partial charge in [0.2, 0.25) is 0 Å². The van der Waals surface area contributed by atoms with E-state index in [0.717, 1.165) is 12.2 Å². The summed E-state index contributed by atoms with van der Waals surface area (Å²) in [6, 6.07) is 8.30. The number of carbonyl (C=O) groups is 1. The highest BCUT2D eigenvalue weighted by Gasteiger charge is 2.20. The number of hydrogen-bond donors (Lipinski definition) is 1. The molecule has 1 aromatic rings. The minimum absolute atomic E-state index is 0.200. The number of nitrogens with zero attached hydrogens (tertiary/aromatic N) is 1. The SMILES string of the molecule is CC(C)c1ccccc1NCCN1CCOC1=O. The molecule has 0 saturated carbocycles. The molecule has 1 amide bonds. The van der Waals surface area contributed by atoms with E-state index in [1.807, 2.05) is 6.07 Å². The van der Waals surface area contributed by atoms with E-state index in [1.54, 1.807) is 4.90 Å². The summed E-state index contributed by atoms with van der Waals surface area (Å²) in [5.41, 5.74) is 2.46. The van der Waals surface area contributed by atoms with E-state index in [4.69, 9.17) is 4.74 Å². The second kappa shape index (κ2) is 5.76. The lowest BCUT2D eigenvalue weighted by Gasteiger charge is -2.17. The third-order valence-corrected chi connectivity index (χ3v) is 3.12. The molecular weight excluding hydrogens is 228 g/mol. The van der Waals surface area contributed by atoms with Crippen molar-refractivity contribution in [2.24, 2.45) is 0 Å². The molecule has 0 spiro atoms. The van der Waals surface area contributed by atoms with Crippen LogP contribution in [-0.2, 0) is 4.74 Å². The minimum Gasteiger partial charge on any atom is -0.448 e. The normalized spacial score (nSPS) is 15.1. The first-order chi connectivity index (χ1) is 8.68. The molecule has 0 radical (unpaired) electrons. The molecule has 1 N–H and O–H groups in total. The van der Waals surface area contributed by atoms with Gasteiger partial charge in [-0.25, -0.2) is 4.79 Å². The van der Waals surface area contributed by atoms with Crippen LogP contribution in [0.1, 0.15) is 25.3 Å². The first-order valence-corrected chi connectivity index (χ1v) is 6.43. The van der Waals surface area contributed by atoms with Crippen molar-refractivity contribution in [3.63, 3.8) is 0 Å². The second-order valence-corrected chi connectivity index (χ2v) is 4.77. The number of para-hydroxylation sites is 1. The van der Waals surface area contributed by atoms with Gasteiger partial charge in [-0.05, 0) is 17.5 Å². The number of cyclic esters (lactones) is 1.